The maximum absolute atomic E-state index is 5.39. The molecule has 62 valence electrons. The van der Waals surface area contributed by atoms with Crippen LogP contribution < -0.4 is 0 Å². The minimum Gasteiger partial charge on any atom is -0.458 e. The lowest BCUT2D eigenvalue weighted by molar-refractivity contribution is 0.495. The summed E-state index contributed by atoms with van der Waals surface area (Å²) in [5.74, 6) is 3.39. The van der Waals surface area contributed by atoms with Crippen LogP contribution >= 0.6 is 0 Å². The zero-order chi connectivity index (χ0) is 8.55. The second kappa shape index (κ2) is 2.55. The molecule has 0 N–H and O–H groups in total. The molecule has 0 atom stereocenters. The topological polar surface area (TPSA) is 26.3 Å². The van der Waals surface area contributed by atoms with Gasteiger partial charge in [0.25, 0.3) is 0 Å². The summed E-state index contributed by atoms with van der Waals surface area (Å²) in [7, 11) is 0. The molecule has 2 aromatic heterocycles. The molecule has 2 aromatic rings. The van der Waals surface area contributed by atoms with Gasteiger partial charge < -0.3 is 8.83 Å². The van der Waals surface area contributed by atoms with Gasteiger partial charge in [0.05, 0.1) is 0 Å². The van der Waals surface area contributed by atoms with Crippen molar-refractivity contribution >= 4 is 0 Å². The van der Waals surface area contributed by atoms with Gasteiger partial charge in [-0.25, -0.2) is 0 Å². The van der Waals surface area contributed by atoms with Crippen molar-refractivity contribution in [2.75, 3.05) is 0 Å². The van der Waals surface area contributed by atoms with Crippen LogP contribution in [0.15, 0.2) is 33.1 Å². The van der Waals surface area contributed by atoms with Gasteiger partial charge in [-0.3, -0.25) is 0 Å². The summed E-state index contributed by atoms with van der Waals surface area (Å²) in [6.07, 6.45) is 0. The van der Waals surface area contributed by atoms with Gasteiger partial charge in [-0.1, -0.05) is 0 Å². The molecule has 0 spiro atoms. The molecule has 0 saturated carbocycles. The van der Waals surface area contributed by atoms with Crippen LogP contribution in [-0.2, 0) is 0 Å². The van der Waals surface area contributed by atoms with Crippen LogP contribution in [0, 0.1) is 13.8 Å². The van der Waals surface area contributed by atoms with Crippen LogP contribution in [0.1, 0.15) is 11.5 Å². The maximum Gasteiger partial charge on any atom is 0.169 e. The smallest absolute Gasteiger partial charge is 0.169 e. The van der Waals surface area contributed by atoms with Gasteiger partial charge in [0.1, 0.15) is 11.5 Å². The minimum absolute atomic E-state index is 0.792. The summed E-state index contributed by atoms with van der Waals surface area (Å²) < 4.78 is 10.8. The van der Waals surface area contributed by atoms with E-state index in [4.69, 9.17) is 8.83 Å². The predicted molar refractivity (Wildman–Crippen MR) is 45.9 cm³/mol. The third kappa shape index (κ3) is 1.16. The van der Waals surface area contributed by atoms with Crippen molar-refractivity contribution in [3.8, 4) is 11.5 Å². The molecule has 0 unspecified atom stereocenters. The van der Waals surface area contributed by atoms with Crippen molar-refractivity contribution < 1.29 is 8.83 Å². The van der Waals surface area contributed by atoms with Crippen molar-refractivity contribution in [1.82, 2.24) is 0 Å². The molecule has 12 heavy (non-hydrogen) atoms. The minimum atomic E-state index is 0.792. The Balaban J connectivity index is 2.43. The summed E-state index contributed by atoms with van der Waals surface area (Å²) in [5.41, 5.74) is 0. The molecule has 2 heteroatoms. The normalized spacial score (nSPS) is 10.5. The molecule has 0 aromatic carbocycles. The third-order valence-electron chi connectivity index (χ3n) is 1.72. The van der Waals surface area contributed by atoms with Crippen LogP contribution in [0.2, 0.25) is 0 Å². The molecule has 0 aliphatic carbocycles. The van der Waals surface area contributed by atoms with Crippen molar-refractivity contribution in [3.05, 3.63) is 35.8 Å². The quantitative estimate of drug-likeness (QED) is 0.643. The van der Waals surface area contributed by atoms with E-state index in [0.717, 1.165) is 23.0 Å². The van der Waals surface area contributed by atoms with E-state index in [1.807, 2.05) is 38.1 Å². The fourth-order valence-corrected chi connectivity index (χ4v) is 1.13. The second-order valence-electron chi connectivity index (χ2n) is 2.82. The van der Waals surface area contributed by atoms with Crippen LogP contribution in [0.5, 0.6) is 0 Å². The van der Waals surface area contributed by atoms with E-state index < -0.39 is 0 Å². The van der Waals surface area contributed by atoms with Gasteiger partial charge >= 0.3 is 0 Å². The zero-order valence-corrected chi connectivity index (χ0v) is 7.13. The molecule has 0 fully saturated rings. The molecule has 2 nitrogen and oxygen atoms in total. The van der Waals surface area contributed by atoms with Crippen molar-refractivity contribution in [2.24, 2.45) is 0 Å². The SMILES string of the molecule is Cc1ccc(-c2ccc(C)o2)o1. The van der Waals surface area contributed by atoms with Crippen LogP contribution in [-0.4, -0.2) is 0 Å². The highest BCUT2D eigenvalue weighted by Gasteiger charge is 2.05. The van der Waals surface area contributed by atoms with Gasteiger partial charge in [0.15, 0.2) is 11.5 Å². The Morgan fingerprint density at radius 2 is 1.17 bits per heavy atom. The molecule has 0 saturated heterocycles. The Labute approximate surface area is 70.8 Å². The van der Waals surface area contributed by atoms with Crippen molar-refractivity contribution in [2.45, 2.75) is 13.8 Å². The van der Waals surface area contributed by atoms with Crippen LogP contribution in [0.3, 0.4) is 0 Å². The fourth-order valence-electron chi connectivity index (χ4n) is 1.13. The van der Waals surface area contributed by atoms with Crippen molar-refractivity contribution in [1.29, 1.82) is 0 Å². The number of furan rings is 2. The molecule has 0 bridgehead atoms. The maximum atomic E-state index is 5.39. The molecule has 0 aliphatic heterocycles. The van der Waals surface area contributed by atoms with Gasteiger partial charge in [-0.05, 0) is 38.1 Å². The molecule has 0 amide bonds. The largest absolute Gasteiger partial charge is 0.458 e. The summed E-state index contributed by atoms with van der Waals surface area (Å²) >= 11 is 0. The van der Waals surface area contributed by atoms with E-state index in [-0.39, 0.29) is 0 Å². The highest BCUT2D eigenvalue weighted by atomic mass is 16.4. The summed E-state index contributed by atoms with van der Waals surface area (Å²) in [4.78, 5) is 0. The number of hydrogen-bond donors (Lipinski definition) is 0. The zero-order valence-electron chi connectivity index (χ0n) is 7.13. The summed E-state index contributed by atoms with van der Waals surface area (Å²) in [5, 5.41) is 0. The molecule has 2 heterocycles. The highest BCUT2D eigenvalue weighted by Crippen LogP contribution is 2.23. The first-order valence-corrected chi connectivity index (χ1v) is 3.89. The molecule has 2 rings (SSSR count). The van der Waals surface area contributed by atoms with Gasteiger partial charge in [0, 0.05) is 0 Å². The monoisotopic (exact) mass is 162 g/mol. The lowest BCUT2D eigenvalue weighted by Crippen LogP contribution is -1.64. The molecular formula is C10H10O2. The van der Waals surface area contributed by atoms with Gasteiger partial charge in [-0.15, -0.1) is 0 Å². The number of aryl methyl sites for hydroxylation is 2. The average molecular weight is 162 g/mol. The summed E-state index contributed by atoms with van der Waals surface area (Å²) in [6.45, 7) is 3.83. The molecule has 0 aliphatic rings. The Morgan fingerprint density at radius 1 is 0.750 bits per heavy atom. The standard InChI is InChI=1S/C10H10O2/c1-7-3-5-9(11-7)10-6-4-8(2)12-10/h3-6H,1-2H3. The van der Waals surface area contributed by atoms with Gasteiger partial charge in [-0.2, -0.15) is 0 Å². The van der Waals surface area contributed by atoms with E-state index in [9.17, 15) is 0 Å². The lowest BCUT2D eigenvalue weighted by Gasteiger charge is -1.88. The Hall–Kier alpha value is -1.44. The van der Waals surface area contributed by atoms with Gasteiger partial charge in [0.2, 0.25) is 0 Å². The molecule has 0 radical (unpaired) electrons. The Kier molecular flexibility index (Phi) is 1.54. The predicted octanol–water partition coefficient (Wildman–Crippen LogP) is 3.16. The first-order valence-electron chi connectivity index (χ1n) is 3.89. The fraction of sp³-hybridized carbons (Fsp3) is 0.200. The number of hydrogen-bond acceptors (Lipinski definition) is 2. The first kappa shape index (κ1) is 7.22. The average Bonchev–Trinajstić information content (AvgIpc) is 2.58. The molecular weight excluding hydrogens is 152 g/mol. The Bertz CT molecular complexity index is 344. The van der Waals surface area contributed by atoms with Crippen LogP contribution in [0.4, 0.5) is 0 Å². The van der Waals surface area contributed by atoms with E-state index in [1.165, 1.54) is 0 Å². The lowest BCUT2D eigenvalue weighted by atomic mass is 10.3. The van der Waals surface area contributed by atoms with E-state index in [0.29, 0.717) is 0 Å². The highest BCUT2D eigenvalue weighted by molar-refractivity contribution is 5.50. The van der Waals surface area contributed by atoms with Crippen molar-refractivity contribution in [3.63, 3.8) is 0 Å². The summed E-state index contributed by atoms with van der Waals surface area (Å²) in [6, 6.07) is 7.67. The van der Waals surface area contributed by atoms with E-state index in [2.05, 4.69) is 0 Å². The van der Waals surface area contributed by atoms with Crippen LogP contribution in [0.25, 0.3) is 11.5 Å². The number of rotatable bonds is 1. The third-order valence-corrected chi connectivity index (χ3v) is 1.72. The first-order chi connectivity index (χ1) is 5.75. The van der Waals surface area contributed by atoms with E-state index in [1.54, 1.807) is 0 Å². The van der Waals surface area contributed by atoms with E-state index >= 15 is 0 Å². The second-order valence-corrected chi connectivity index (χ2v) is 2.82. The Morgan fingerprint density at radius 3 is 1.42 bits per heavy atom.